The summed E-state index contributed by atoms with van der Waals surface area (Å²) in [6, 6.07) is 7.72. The number of carbonyl (C=O) groups excluding carboxylic acids is 1. The highest BCUT2D eigenvalue weighted by atomic mass is 79.9. The van der Waals surface area contributed by atoms with E-state index in [1.165, 1.54) is 0 Å². The van der Waals surface area contributed by atoms with Crippen LogP contribution in [0.1, 0.15) is 20.3 Å². The van der Waals surface area contributed by atoms with Crippen LogP contribution in [0.4, 0.5) is 0 Å². The molecule has 1 heterocycles. The van der Waals surface area contributed by atoms with Gasteiger partial charge in [0.2, 0.25) is 0 Å². The largest absolute Gasteiger partial charge is 0.480 e. The number of nitrogens with one attached hydrogen (secondary N) is 2. The number of carbonyl (C=O) groups is 1. The lowest BCUT2D eigenvalue weighted by Crippen LogP contribution is -2.52. The molecule has 1 aromatic carbocycles. The lowest BCUT2D eigenvalue weighted by Gasteiger charge is -2.31. The molecule has 0 saturated carbocycles. The lowest BCUT2D eigenvalue weighted by atomic mass is 9.95. The summed E-state index contributed by atoms with van der Waals surface area (Å²) < 4.78 is 6.56. The van der Waals surface area contributed by atoms with Gasteiger partial charge in [0, 0.05) is 12.6 Å². The minimum atomic E-state index is -0.511. The highest BCUT2D eigenvalue weighted by Crippen LogP contribution is 2.24. The molecule has 1 amide bonds. The molecule has 20 heavy (non-hydrogen) atoms. The zero-order valence-electron chi connectivity index (χ0n) is 11.9. The van der Waals surface area contributed by atoms with Crippen LogP contribution in [0.2, 0.25) is 0 Å². The predicted octanol–water partition coefficient (Wildman–Crippen LogP) is 2.33. The van der Waals surface area contributed by atoms with Crippen molar-refractivity contribution in [3.8, 4) is 5.75 Å². The summed E-state index contributed by atoms with van der Waals surface area (Å²) in [5.74, 6) is 1.11. The van der Waals surface area contributed by atoms with Gasteiger partial charge in [-0.25, -0.2) is 0 Å². The second kappa shape index (κ2) is 7.09. The van der Waals surface area contributed by atoms with Gasteiger partial charge < -0.3 is 15.4 Å². The highest BCUT2D eigenvalue weighted by Gasteiger charge is 2.25. The van der Waals surface area contributed by atoms with Crippen LogP contribution < -0.4 is 15.4 Å². The molecule has 1 fully saturated rings. The van der Waals surface area contributed by atoms with E-state index < -0.39 is 6.10 Å². The molecule has 4 nitrogen and oxygen atoms in total. The van der Waals surface area contributed by atoms with Crippen LogP contribution in [-0.4, -0.2) is 31.1 Å². The summed E-state index contributed by atoms with van der Waals surface area (Å²) in [5.41, 5.74) is 0. The molecule has 3 unspecified atom stereocenters. The summed E-state index contributed by atoms with van der Waals surface area (Å²) in [4.78, 5) is 12.2. The standard InChI is InChI=1S/C15H21BrN2O2/c1-10-7-8-17-9-13(10)18-15(19)11(2)20-14-6-4-3-5-12(14)16/h3-6,10-11,13,17H,7-9H2,1-2H3,(H,18,19). The molecule has 1 aromatic rings. The van der Waals surface area contributed by atoms with Crippen molar-refractivity contribution in [1.82, 2.24) is 10.6 Å². The van der Waals surface area contributed by atoms with Gasteiger partial charge in [-0.1, -0.05) is 19.1 Å². The van der Waals surface area contributed by atoms with Gasteiger partial charge in [-0.15, -0.1) is 0 Å². The van der Waals surface area contributed by atoms with E-state index in [1.54, 1.807) is 6.92 Å². The van der Waals surface area contributed by atoms with Crippen molar-refractivity contribution in [2.45, 2.75) is 32.4 Å². The monoisotopic (exact) mass is 340 g/mol. The van der Waals surface area contributed by atoms with Crippen LogP contribution in [0.3, 0.4) is 0 Å². The van der Waals surface area contributed by atoms with Gasteiger partial charge in [0.1, 0.15) is 5.75 Å². The maximum atomic E-state index is 12.2. The van der Waals surface area contributed by atoms with E-state index in [9.17, 15) is 4.79 Å². The second-order valence-corrected chi connectivity index (χ2v) is 6.13. The number of piperidine rings is 1. The number of amides is 1. The van der Waals surface area contributed by atoms with Crippen molar-refractivity contribution in [3.05, 3.63) is 28.7 Å². The molecule has 0 aliphatic carbocycles. The zero-order chi connectivity index (χ0) is 14.5. The fraction of sp³-hybridized carbons (Fsp3) is 0.533. The number of benzene rings is 1. The molecule has 1 aliphatic heterocycles. The SMILES string of the molecule is CC(Oc1ccccc1Br)C(=O)NC1CNCCC1C. The fourth-order valence-electron chi connectivity index (χ4n) is 2.27. The number of hydrogen-bond acceptors (Lipinski definition) is 3. The highest BCUT2D eigenvalue weighted by molar-refractivity contribution is 9.10. The van der Waals surface area contributed by atoms with Crippen molar-refractivity contribution in [2.24, 2.45) is 5.92 Å². The summed E-state index contributed by atoms with van der Waals surface area (Å²) in [6.07, 6.45) is 0.576. The number of para-hydroxylation sites is 1. The zero-order valence-corrected chi connectivity index (χ0v) is 13.4. The maximum Gasteiger partial charge on any atom is 0.261 e. The van der Waals surface area contributed by atoms with E-state index in [2.05, 4.69) is 33.5 Å². The second-order valence-electron chi connectivity index (χ2n) is 5.28. The number of rotatable bonds is 4. The number of hydrogen-bond donors (Lipinski definition) is 2. The van der Waals surface area contributed by atoms with Crippen molar-refractivity contribution < 1.29 is 9.53 Å². The van der Waals surface area contributed by atoms with Crippen molar-refractivity contribution in [1.29, 1.82) is 0 Å². The predicted molar refractivity (Wildman–Crippen MR) is 82.8 cm³/mol. The molecule has 0 bridgehead atoms. The smallest absolute Gasteiger partial charge is 0.261 e. The third kappa shape index (κ3) is 3.96. The Hall–Kier alpha value is -1.07. The molecule has 1 aliphatic rings. The Balaban J connectivity index is 1.90. The molecule has 110 valence electrons. The average molecular weight is 341 g/mol. The van der Waals surface area contributed by atoms with Gasteiger partial charge in [0.05, 0.1) is 4.47 Å². The summed E-state index contributed by atoms with van der Waals surface area (Å²) in [7, 11) is 0. The average Bonchev–Trinajstić information content (AvgIpc) is 2.43. The molecule has 0 radical (unpaired) electrons. The quantitative estimate of drug-likeness (QED) is 0.884. The topological polar surface area (TPSA) is 50.4 Å². The Morgan fingerprint density at radius 1 is 1.50 bits per heavy atom. The summed E-state index contributed by atoms with van der Waals surface area (Å²) >= 11 is 3.42. The van der Waals surface area contributed by atoms with Crippen molar-refractivity contribution in [2.75, 3.05) is 13.1 Å². The van der Waals surface area contributed by atoms with Gasteiger partial charge >= 0.3 is 0 Å². The van der Waals surface area contributed by atoms with Gasteiger partial charge in [0.15, 0.2) is 6.10 Å². The minimum absolute atomic E-state index is 0.0682. The van der Waals surface area contributed by atoms with E-state index in [0.717, 1.165) is 24.0 Å². The van der Waals surface area contributed by atoms with Crippen LogP contribution in [0.25, 0.3) is 0 Å². The molecular weight excluding hydrogens is 320 g/mol. The molecule has 2 rings (SSSR count). The molecular formula is C15H21BrN2O2. The summed E-state index contributed by atoms with van der Waals surface area (Å²) in [5, 5.41) is 6.37. The van der Waals surface area contributed by atoms with Crippen molar-refractivity contribution in [3.63, 3.8) is 0 Å². The molecule has 3 atom stereocenters. The summed E-state index contributed by atoms with van der Waals surface area (Å²) in [6.45, 7) is 5.80. The van der Waals surface area contributed by atoms with Gasteiger partial charge in [-0.05, 0) is 53.9 Å². The Morgan fingerprint density at radius 3 is 2.95 bits per heavy atom. The van der Waals surface area contributed by atoms with Crippen LogP contribution in [0.5, 0.6) is 5.75 Å². The van der Waals surface area contributed by atoms with Gasteiger partial charge in [-0.2, -0.15) is 0 Å². The molecule has 1 saturated heterocycles. The molecule has 2 N–H and O–H groups in total. The Bertz CT molecular complexity index is 467. The fourth-order valence-corrected chi connectivity index (χ4v) is 2.65. The first-order chi connectivity index (χ1) is 9.58. The van der Waals surface area contributed by atoms with E-state index in [1.807, 2.05) is 24.3 Å². The van der Waals surface area contributed by atoms with Gasteiger partial charge in [-0.3, -0.25) is 4.79 Å². The van der Waals surface area contributed by atoms with E-state index in [0.29, 0.717) is 11.7 Å². The third-order valence-corrected chi connectivity index (χ3v) is 4.32. The Morgan fingerprint density at radius 2 is 2.25 bits per heavy atom. The number of ether oxygens (including phenoxy) is 1. The molecule has 5 heteroatoms. The Kier molecular flexibility index (Phi) is 5.43. The molecule has 0 spiro atoms. The minimum Gasteiger partial charge on any atom is -0.480 e. The van der Waals surface area contributed by atoms with E-state index in [4.69, 9.17) is 4.74 Å². The van der Waals surface area contributed by atoms with Crippen LogP contribution in [0, 0.1) is 5.92 Å². The molecule has 0 aromatic heterocycles. The van der Waals surface area contributed by atoms with E-state index >= 15 is 0 Å². The first-order valence-corrected chi connectivity index (χ1v) is 7.79. The third-order valence-electron chi connectivity index (χ3n) is 3.66. The van der Waals surface area contributed by atoms with Gasteiger partial charge in [0.25, 0.3) is 5.91 Å². The van der Waals surface area contributed by atoms with E-state index in [-0.39, 0.29) is 11.9 Å². The first kappa shape index (κ1) is 15.3. The van der Waals surface area contributed by atoms with Crippen LogP contribution in [-0.2, 0) is 4.79 Å². The maximum absolute atomic E-state index is 12.2. The number of halogens is 1. The normalized spacial score (nSPS) is 23.9. The lowest BCUT2D eigenvalue weighted by molar-refractivity contribution is -0.128. The van der Waals surface area contributed by atoms with Crippen LogP contribution in [0.15, 0.2) is 28.7 Å². The Labute approximate surface area is 128 Å². The van der Waals surface area contributed by atoms with Crippen LogP contribution >= 0.6 is 15.9 Å². The van der Waals surface area contributed by atoms with Crippen molar-refractivity contribution >= 4 is 21.8 Å². The first-order valence-electron chi connectivity index (χ1n) is 7.00.